The number of nitrogens with one attached hydrogen (secondary N) is 2. The largest absolute Gasteiger partial charge is 0.497 e. The fourth-order valence-electron chi connectivity index (χ4n) is 3.76. The Morgan fingerprint density at radius 2 is 1.72 bits per heavy atom. The molecule has 7 heteroatoms. The van der Waals surface area contributed by atoms with Gasteiger partial charge in [0.2, 0.25) is 0 Å². The highest BCUT2D eigenvalue weighted by atomic mass is 16.5. The average molecular weight is 440 g/mol. The molecule has 1 aliphatic heterocycles. The minimum absolute atomic E-state index is 0.0741. The van der Waals surface area contributed by atoms with Gasteiger partial charge in [-0.05, 0) is 76.2 Å². The molecule has 1 aliphatic rings. The molecule has 2 amide bonds. The van der Waals surface area contributed by atoms with E-state index in [4.69, 9.17) is 9.47 Å². The van der Waals surface area contributed by atoms with Crippen LogP contribution in [0.3, 0.4) is 0 Å². The Kier molecular flexibility index (Phi) is 8.11. The SMILES string of the molecule is COc1cccc(NC(=O)COc2ccc(C(=O)NCC(C)(C)N3CCCCC3)cc2)c1. The summed E-state index contributed by atoms with van der Waals surface area (Å²) < 4.78 is 10.7. The van der Waals surface area contributed by atoms with E-state index >= 15 is 0 Å². The van der Waals surface area contributed by atoms with Crippen LogP contribution in [0.5, 0.6) is 11.5 Å². The van der Waals surface area contributed by atoms with Gasteiger partial charge in [0.15, 0.2) is 6.61 Å². The third kappa shape index (κ3) is 6.72. The van der Waals surface area contributed by atoms with E-state index in [-0.39, 0.29) is 24.0 Å². The number of methoxy groups -OCH3 is 1. The lowest BCUT2D eigenvalue weighted by atomic mass is 9.98. The number of ether oxygens (including phenoxy) is 2. The molecule has 1 fully saturated rings. The lowest BCUT2D eigenvalue weighted by Gasteiger charge is -2.41. The molecule has 0 radical (unpaired) electrons. The smallest absolute Gasteiger partial charge is 0.262 e. The van der Waals surface area contributed by atoms with Crippen molar-refractivity contribution in [3.05, 3.63) is 54.1 Å². The van der Waals surface area contributed by atoms with Gasteiger partial charge in [0.1, 0.15) is 11.5 Å². The van der Waals surface area contributed by atoms with Crippen molar-refractivity contribution in [2.75, 3.05) is 38.7 Å². The molecule has 3 rings (SSSR count). The molecule has 0 unspecified atom stereocenters. The van der Waals surface area contributed by atoms with Gasteiger partial charge in [0.25, 0.3) is 11.8 Å². The predicted molar refractivity (Wildman–Crippen MR) is 125 cm³/mol. The zero-order valence-corrected chi connectivity index (χ0v) is 19.1. The van der Waals surface area contributed by atoms with Crippen molar-refractivity contribution >= 4 is 17.5 Å². The molecule has 7 nitrogen and oxygen atoms in total. The lowest BCUT2D eigenvalue weighted by molar-refractivity contribution is -0.118. The number of benzene rings is 2. The number of piperidine rings is 1. The van der Waals surface area contributed by atoms with E-state index in [2.05, 4.69) is 29.4 Å². The normalized spacial score (nSPS) is 14.5. The monoisotopic (exact) mass is 439 g/mol. The zero-order chi connectivity index (χ0) is 23.0. The minimum Gasteiger partial charge on any atom is -0.497 e. The summed E-state index contributed by atoms with van der Waals surface area (Å²) in [5.74, 6) is 0.797. The molecule has 2 N–H and O–H groups in total. The van der Waals surface area contributed by atoms with Gasteiger partial charge < -0.3 is 20.1 Å². The van der Waals surface area contributed by atoms with Crippen LogP contribution in [0.4, 0.5) is 5.69 Å². The molecule has 0 spiro atoms. The number of likely N-dealkylation sites (tertiary alicyclic amines) is 1. The number of nitrogens with zero attached hydrogens (tertiary/aromatic N) is 1. The maximum absolute atomic E-state index is 12.6. The Morgan fingerprint density at radius 3 is 2.41 bits per heavy atom. The van der Waals surface area contributed by atoms with Crippen LogP contribution in [0.2, 0.25) is 0 Å². The quantitative estimate of drug-likeness (QED) is 0.623. The minimum atomic E-state index is -0.278. The van der Waals surface area contributed by atoms with E-state index in [0.29, 0.717) is 29.3 Å². The van der Waals surface area contributed by atoms with Crippen LogP contribution in [0.25, 0.3) is 0 Å². The number of amides is 2. The molecule has 0 aromatic heterocycles. The van der Waals surface area contributed by atoms with Gasteiger partial charge >= 0.3 is 0 Å². The van der Waals surface area contributed by atoms with Gasteiger partial charge in [0.05, 0.1) is 7.11 Å². The maximum atomic E-state index is 12.6. The van der Waals surface area contributed by atoms with Crippen LogP contribution < -0.4 is 20.1 Å². The highest BCUT2D eigenvalue weighted by Crippen LogP contribution is 2.20. The van der Waals surface area contributed by atoms with Crippen molar-refractivity contribution in [1.29, 1.82) is 0 Å². The van der Waals surface area contributed by atoms with Crippen LogP contribution in [0, 0.1) is 0 Å². The van der Waals surface area contributed by atoms with E-state index in [9.17, 15) is 9.59 Å². The first-order chi connectivity index (χ1) is 15.4. The maximum Gasteiger partial charge on any atom is 0.262 e. The standard InChI is InChI=1S/C25H33N3O4/c1-25(2,28-14-5-4-6-15-28)18-26-24(30)19-10-12-21(13-11-19)32-17-23(29)27-20-8-7-9-22(16-20)31-3/h7-13,16H,4-6,14-15,17-18H2,1-3H3,(H,26,30)(H,27,29). The molecule has 1 heterocycles. The van der Waals surface area contributed by atoms with Crippen LogP contribution in [-0.4, -0.2) is 55.6 Å². The molecule has 1 saturated heterocycles. The zero-order valence-electron chi connectivity index (χ0n) is 19.1. The molecule has 2 aromatic rings. The summed E-state index contributed by atoms with van der Waals surface area (Å²) in [4.78, 5) is 27.1. The second-order valence-corrected chi connectivity index (χ2v) is 8.64. The summed E-state index contributed by atoms with van der Waals surface area (Å²) in [7, 11) is 1.57. The van der Waals surface area contributed by atoms with E-state index in [1.165, 1.54) is 19.3 Å². The van der Waals surface area contributed by atoms with Gasteiger partial charge in [-0.1, -0.05) is 12.5 Å². The number of carbonyl (C=O) groups is 2. The van der Waals surface area contributed by atoms with Crippen LogP contribution in [0.1, 0.15) is 43.5 Å². The average Bonchev–Trinajstić information content (AvgIpc) is 2.82. The lowest BCUT2D eigenvalue weighted by Crippen LogP contribution is -2.53. The highest BCUT2D eigenvalue weighted by Gasteiger charge is 2.28. The molecular formula is C25H33N3O4. The van der Waals surface area contributed by atoms with E-state index in [1.54, 1.807) is 55.6 Å². The molecule has 0 atom stereocenters. The summed E-state index contributed by atoms with van der Waals surface area (Å²) in [6.45, 7) is 6.97. The first-order valence-electron chi connectivity index (χ1n) is 11.1. The molecule has 32 heavy (non-hydrogen) atoms. The van der Waals surface area contributed by atoms with Gasteiger partial charge in [-0.3, -0.25) is 14.5 Å². The summed E-state index contributed by atoms with van der Waals surface area (Å²) >= 11 is 0. The van der Waals surface area contributed by atoms with Crippen molar-refractivity contribution in [2.24, 2.45) is 0 Å². The second-order valence-electron chi connectivity index (χ2n) is 8.64. The summed E-state index contributed by atoms with van der Waals surface area (Å²) in [6.07, 6.45) is 3.73. The number of hydrogen-bond acceptors (Lipinski definition) is 5. The van der Waals surface area contributed by atoms with Gasteiger partial charge in [-0.2, -0.15) is 0 Å². The number of anilines is 1. The topological polar surface area (TPSA) is 79.9 Å². The fourth-order valence-corrected chi connectivity index (χ4v) is 3.76. The Hall–Kier alpha value is -3.06. The molecule has 0 bridgehead atoms. The van der Waals surface area contributed by atoms with E-state index in [0.717, 1.165) is 13.1 Å². The predicted octanol–water partition coefficient (Wildman–Crippen LogP) is 3.71. The number of rotatable bonds is 9. The Labute approximate surface area is 190 Å². The van der Waals surface area contributed by atoms with E-state index < -0.39 is 0 Å². The van der Waals surface area contributed by atoms with Gasteiger partial charge in [0, 0.05) is 29.4 Å². The summed E-state index contributed by atoms with van der Waals surface area (Å²) in [5, 5.41) is 5.81. The molecule has 2 aromatic carbocycles. The fraction of sp³-hybridized carbons (Fsp3) is 0.440. The van der Waals surface area contributed by atoms with Crippen LogP contribution >= 0.6 is 0 Å². The van der Waals surface area contributed by atoms with E-state index in [1.807, 2.05) is 0 Å². The molecule has 0 aliphatic carbocycles. The second kappa shape index (κ2) is 11.0. The third-order valence-electron chi connectivity index (χ3n) is 5.73. The van der Waals surface area contributed by atoms with Gasteiger partial charge in [-0.15, -0.1) is 0 Å². The third-order valence-corrected chi connectivity index (χ3v) is 5.73. The Bertz CT molecular complexity index is 906. The Balaban J connectivity index is 1.45. The van der Waals surface area contributed by atoms with Gasteiger partial charge in [-0.25, -0.2) is 0 Å². The van der Waals surface area contributed by atoms with Crippen molar-refractivity contribution < 1.29 is 19.1 Å². The first kappa shape index (κ1) is 23.6. The van der Waals surface area contributed by atoms with Crippen molar-refractivity contribution in [2.45, 2.75) is 38.6 Å². The highest BCUT2D eigenvalue weighted by molar-refractivity contribution is 5.94. The molecule has 172 valence electrons. The first-order valence-corrected chi connectivity index (χ1v) is 11.1. The molecular weight excluding hydrogens is 406 g/mol. The van der Waals surface area contributed by atoms with Crippen molar-refractivity contribution in [3.63, 3.8) is 0 Å². The number of carbonyl (C=O) groups excluding carboxylic acids is 2. The van der Waals surface area contributed by atoms with Crippen LogP contribution in [-0.2, 0) is 4.79 Å². The van der Waals surface area contributed by atoms with Crippen molar-refractivity contribution in [3.8, 4) is 11.5 Å². The van der Waals surface area contributed by atoms with Crippen LogP contribution in [0.15, 0.2) is 48.5 Å². The summed E-state index contributed by atoms with van der Waals surface area (Å²) in [5.41, 5.74) is 1.12. The molecule has 0 saturated carbocycles. The Morgan fingerprint density at radius 1 is 1.00 bits per heavy atom. The number of hydrogen-bond donors (Lipinski definition) is 2. The summed E-state index contributed by atoms with van der Waals surface area (Å²) in [6, 6.07) is 13.9. The van der Waals surface area contributed by atoms with Crippen molar-refractivity contribution in [1.82, 2.24) is 10.2 Å².